The molecule has 0 fully saturated rings. The minimum Gasteiger partial charge on any atom is -0.493 e. The van der Waals surface area contributed by atoms with Crippen LogP contribution in [0.5, 0.6) is 5.75 Å². The van der Waals surface area contributed by atoms with E-state index in [9.17, 15) is 14.9 Å². The van der Waals surface area contributed by atoms with E-state index < -0.39 is 27.2 Å². The van der Waals surface area contributed by atoms with Gasteiger partial charge in [0.05, 0.1) is 11.5 Å². The van der Waals surface area contributed by atoms with Gasteiger partial charge in [0.15, 0.2) is 0 Å². The minimum atomic E-state index is -1.36. The van der Waals surface area contributed by atoms with Crippen molar-refractivity contribution in [2.45, 2.75) is 6.92 Å². The van der Waals surface area contributed by atoms with Crippen molar-refractivity contribution in [3.63, 3.8) is 0 Å². The van der Waals surface area contributed by atoms with Crippen LogP contribution < -0.4 is 4.74 Å². The van der Waals surface area contributed by atoms with E-state index in [0.29, 0.717) is 0 Å². The maximum absolute atomic E-state index is 10.9. The van der Waals surface area contributed by atoms with Crippen molar-refractivity contribution < 1.29 is 19.6 Å². The van der Waals surface area contributed by atoms with E-state index in [0.717, 1.165) is 6.07 Å². The van der Waals surface area contributed by atoms with E-state index in [1.54, 1.807) is 6.92 Å². The number of nitro groups is 1. The molecule has 7 heteroatoms. The predicted molar refractivity (Wildman–Crippen MR) is 56.2 cm³/mol. The van der Waals surface area contributed by atoms with Crippen molar-refractivity contribution in [2.24, 2.45) is 0 Å². The summed E-state index contributed by atoms with van der Waals surface area (Å²) in [5, 5.41) is 19.0. The summed E-state index contributed by atoms with van der Waals surface area (Å²) in [6, 6.07) is 2.33. The van der Waals surface area contributed by atoms with E-state index in [1.165, 1.54) is 6.07 Å². The Morgan fingerprint density at radius 2 is 2.25 bits per heavy atom. The van der Waals surface area contributed by atoms with Crippen LogP contribution in [0.4, 0.5) is 5.69 Å². The highest BCUT2D eigenvalue weighted by Gasteiger charge is 2.24. The number of nitrogens with zero attached hydrogens (tertiary/aromatic N) is 1. The number of benzene rings is 1. The second kappa shape index (κ2) is 4.80. The number of carboxylic acids is 1. The Morgan fingerprint density at radius 1 is 1.62 bits per heavy atom. The Labute approximate surface area is 95.6 Å². The van der Waals surface area contributed by atoms with Crippen LogP contribution in [-0.4, -0.2) is 22.6 Å². The molecule has 6 nitrogen and oxygen atoms in total. The standard InChI is InChI=1S/C9H8ClNO5/c1-2-16-6-4-3-5(11(14)15)8(10)7(6)9(12)13/h3-4H,2H2,1H3,(H,12,13). The quantitative estimate of drug-likeness (QED) is 0.649. The van der Waals surface area contributed by atoms with Gasteiger partial charge in [0.2, 0.25) is 0 Å². The number of ether oxygens (including phenoxy) is 1. The van der Waals surface area contributed by atoms with Crippen molar-refractivity contribution in [2.75, 3.05) is 6.61 Å². The fourth-order valence-electron chi connectivity index (χ4n) is 1.16. The van der Waals surface area contributed by atoms with Gasteiger partial charge < -0.3 is 9.84 Å². The second-order valence-electron chi connectivity index (χ2n) is 2.77. The SMILES string of the molecule is CCOc1ccc([N+](=O)[O-])c(Cl)c1C(=O)O. The lowest BCUT2D eigenvalue weighted by molar-refractivity contribution is -0.384. The van der Waals surface area contributed by atoms with Gasteiger partial charge in [0.25, 0.3) is 5.69 Å². The first-order valence-corrected chi connectivity index (χ1v) is 4.69. The molecule has 0 amide bonds. The largest absolute Gasteiger partial charge is 0.493 e. The Bertz CT molecular complexity index is 446. The fraction of sp³-hybridized carbons (Fsp3) is 0.222. The van der Waals surface area contributed by atoms with Gasteiger partial charge in [-0.2, -0.15) is 0 Å². The third-order valence-electron chi connectivity index (χ3n) is 1.79. The predicted octanol–water partition coefficient (Wildman–Crippen LogP) is 2.35. The first-order valence-electron chi connectivity index (χ1n) is 4.32. The van der Waals surface area contributed by atoms with E-state index in [2.05, 4.69) is 0 Å². The highest BCUT2D eigenvalue weighted by atomic mass is 35.5. The van der Waals surface area contributed by atoms with Crippen LogP contribution in [0.3, 0.4) is 0 Å². The highest BCUT2D eigenvalue weighted by Crippen LogP contribution is 2.34. The van der Waals surface area contributed by atoms with Gasteiger partial charge in [0.1, 0.15) is 16.3 Å². The third-order valence-corrected chi connectivity index (χ3v) is 2.18. The summed E-state index contributed by atoms with van der Waals surface area (Å²) >= 11 is 5.64. The summed E-state index contributed by atoms with van der Waals surface area (Å²) in [5.74, 6) is -1.34. The number of aromatic carboxylic acids is 1. The Kier molecular flexibility index (Phi) is 3.68. The van der Waals surface area contributed by atoms with Crippen molar-refractivity contribution >= 4 is 23.3 Å². The molecule has 0 spiro atoms. The van der Waals surface area contributed by atoms with E-state index >= 15 is 0 Å². The summed E-state index contributed by atoms with van der Waals surface area (Å²) < 4.78 is 5.03. The molecule has 0 aromatic heterocycles. The number of carbonyl (C=O) groups is 1. The van der Waals surface area contributed by atoms with E-state index in [1.807, 2.05) is 0 Å². The van der Waals surface area contributed by atoms with Crippen molar-refractivity contribution in [3.8, 4) is 5.75 Å². The molecule has 0 heterocycles. The smallest absolute Gasteiger partial charge is 0.341 e. The van der Waals surface area contributed by atoms with E-state index in [-0.39, 0.29) is 12.4 Å². The zero-order chi connectivity index (χ0) is 12.3. The lowest BCUT2D eigenvalue weighted by Gasteiger charge is -2.08. The number of halogens is 1. The van der Waals surface area contributed by atoms with Crippen LogP contribution in [-0.2, 0) is 0 Å². The summed E-state index contributed by atoms with van der Waals surface area (Å²) in [6.07, 6.45) is 0. The molecule has 1 aromatic carbocycles. The molecule has 16 heavy (non-hydrogen) atoms. The van der Waals surface area contributed by atoms with Gasteiger partial charge in [-0.25, -0.2) is 4.79 Å². The zero-order valence-corrected chi connectivity index (χ0v) is 9.02. The molecular weight excluding hydrogens is 238 g/mol. The average molecular weight is 246 g/mol. The van der Waals surface area contributed by atoms with Crippen LogP contribution in [0.15, 0.2) is 12.1 Å². The summed E-state index contributed by atoms with van der Waals surface area (Å²) in [4.78, 5) is 20.7. The van der Waals surface area contributed by atoms with Crippen molar-refractivity contribution in [1.82, 2.24) is 0 Å². The number of nitro benzene ring substituents is 1. The summed E-state index contributed by atoms with van der Waals surface area (Å²) in [6.45, 7) is 1.91. The van der Waals surface area contributed by atoms with Crippen LogP contribution in [0.1, 0.15) is 17.3 Å². The molecule has 1 N–H and O–H groups in total. The van der Waals surface area contributed by atoms with Gasteiger partial charge in [-0.15, -0.1) is 0 Å². The Morgan fingerprint density at radius 3 is 2.69 bits per heavy atom. The molecule has 0 bridgehead atoms. The average Bonchev–Trinajstić information content (AvgIpc) is 2.17. The highest BCUT2D eigenvalue weighted by molar-refractivity contribution is 6.36. The maximum Gasteiger partial charge on any atom is 0.341 e. The maximum atomic E-state index is 10.9. The summed E-state index contributed by atoms with van der Waals surface area (Å²) in [5.41, 5.74) is -0.847. The van der Waals surface area contributed by atoms with Crippen molar-refractivity contribution in [1.29, 1.82) is 0 Å². The molecule has 0 unspecified atom stereocenters. The first kappa shape index (κ1) is 12.3. The van der Waals surface area contributed by atoms with Gasteiger partial charge in [-0.05, 0) is 13.0 Å². The minimum absolute atomic E-state index is 0.0191. The summed E-state index contributed by atoms with van der Waals surface area (Å²) in [7, 11) is 0. The van der Waals surface area contributed by atoms with E-state index in [4.69, 9.17) is 21.4 Å². The molecule has 0 saturated carbocycles. The monoisotopic (exact) mass is 245 g/mol. The van der Waals surface area contributed by atoms with Gasteiger partial charge in [-0.1, -0.05) is 11.6 Å². The topological polar surface area (TPSA) is 89.7 Å². The van der Waals surface area contributed by atoms with Gasteiger partial charge in [-0.3, -0.25) is 10.1 Å². The number of hydrogen-bond acceptors (Lipinski definition) is 4. The Hall–Kier alpha value is -1.82. The number of carboxylic acid groups (broad SMARTS) is 1. The van der Waals surface area contributed by atoms with Crippen LogP contribution >= 0.6 is 11.6 Å². The molecule has 1 aromatic rings. The zero-order valence-electron chi connectivity index (χ0n) is 8.27. The number of rotatable bonds is 4. The molecule has 86 valence electrons. The van der Waals surface area contributed by atoms with Gasteiger partial charge >= 0.3 is 5.97 Å². The molecule has 0 aliphatic rings. The third kappa shape index (κ3) is 2.22. The Balaban J connectivity index is 3.41. The lowest BCUT2D eigenvalue weighted by Crippen LogP contribution is -2.05. The number of hydrogen-bond donors (Lipinski definition) is 1. The first-order chi connectivity index (χ1) is 7.49. The molecule has 0 aliphatic carbocycles. The van der Waals surface area contributed by atoms with Crippen LogP contribution in [0, 0.1) is 10.1 Å². The van der Waals surface area contributed by atoms with Crippen LogP contribution in [0.2, 0.25) is 5.02 Å². The molecule has 0 aliphatic heterocycles. The normalized spacial score (nSPS) is 9.88. The molecular formula is C9H8ClNO5. The molecule has 0 saturated heterocycles. The van der Waals surface area contributed by atoms with Crippen LogP contribution in [0.25, 0.3) is 0 Å². The van der Waals surface area contributed by atoms with Gasteiger partial charge in [0, 0.05) is 6.07 Å². The molecule has 0 atom stereocenters. The lowest BCUT2D eigenvalue weighted by atomic mass is 10.1. The fourth-order valence-corrected chi connectivity index (χ4v) is 1.47. The second-order valence-corrected chi connectivity index (χ2v) is 3.15. The molecule has 0 radical (unpaired) electrons. The van der Waals surface area contributed by atoms with Crippen molar-refractivity contribution in [3.05, 3.63) is 32.8 Å². The molecule has 1 rings (SSSR count).